The number of amides is 4. The van der Waals surface area contributed by atoms with E-state index < -0.39 is 24.3 Å². The zero-order valence-corrected chi connectivity index (χ0v) is 33.5. The van der Waals surface area contributed by atoms with Crippen LogP contribution in [-0.2, 0) is 30.8 Å². The Bertz CT molecular complexity index is 2300. The number of aromatic nitrogens is 5. The number of nitrogens with zero attached hydrogens (tertiary/aromatic N) is 6. The maximum absolute atomic E-state index is 13.7. The van der Waals surface area contributed by atoms with Gasteiger partial charge in [-0.05, 0) is 37.8 Å². The van der Waals surface area contributed by atoms with Gasteiger partial charge in [-0.3, -0.25) is 14.5 Å². The van der Waals surface area contributed by atoms with Crippen molar-refractivity contribution in [2.24, 2.45) is 7.05 Å². The van der Waals surface area contributed by atoms with Crippen molar-refractivity contribution in [1.29, 1.82) is 0 Å². The van der Waals surface area contributed by atoms with E-state index in [1.807, 2.05) is 7.05 Å². The molecule has 0 unspecified atom stereocenters. The second-order valence-electron chi connectivity index (χ2n) is 14.9. The van der Waals surface area contributed by atoms with E-state index in [-0.39, 0.29) is 36.9 Å². The number of alkyl carbamates (subject to hydrolysis) is 1. The summed E-state index contributed by atoms with van der Waals surface area (Å²) in [5, 5.41) is 14.5. The lowest BCUT2D eigenvalue weighted by Crippen LogP contribution is -2.49. The minimum absolute atomic E-state index is 0.200. The molecule has 17 heteroatoms. The van der Waals surface area contributed by atoms with Gasteiger partial charge >= 0.3 is 12.2 Å². The molecule has 2 saturated heterocycles. The minimum Gasteiger partial charge on any atom is -0.465 e. The maximum atomic E-state index is 13.7. The number of nitrogens with one attached hydrogen (secondary N) is 3. The number of carbonyl (C=O) groups excluding carboxylic acids is 3. The van der Waals surface area contributed by atoms with Crippen molar-refractivity contribution < 1.29 is 38.5 Å². The number of carbonyl (C=O) groups is 4. The highest BCUT2D eigenvalue weighted by atomic mass is 16.5. The van der Waals surface area contributed by atoms with Crippen molar-refractivity contribution in [2.75, 3.05) is 54.7 Å². The summed E-state index contributed by atoms with van der Waals surface area (Å²) in [6.07, 6.45) is 5.39. The summed E-state index contributed by atoms with van der Waals surface area (Å²) in [7, 11) is 7.81. The van der Waals surface area contributed by atoms with Crippen molar-refractivity contribution in [1.82, 2.24) is 44.5 Å². The number of fused-ring (bicyclic) bond motifs is 3. The van der Waals surface area contributed by atoms with Crippen molar-refractivity contribution in [3.8, 4) is 22.5 Å². The van der Waals surface area contributed by atoms with Gasteiger partial charge in [-0.25, -0.2) is 19.6 Å². The highest BCUT2D eigenvalue weighted by molar-refractivity contribution is 6.09. The monoisotopic (exact) mass is 797 g/mol. The molecule has 2 aliphatic heterocycles. The lowest BCUT2D eigenvalue weighted by Gasteiger charge is -2.31. The van der Waals surface area contributed by atoms with Crippen LogP contribution in [0, 0.1) is 0 Å². The molecule has 0 aliphatic carbocycles. The Morgan fingerprint density at radius 1 is 0.828 bits per heavy atom. The van der Waals surface area contributed by atoms with Gasteiger partial charge in [-0.15, -0.1) is 0 Å². The lowest BCUT2D eigenvalue weighted by molar-refractivity contribution is -0.137. The van der Waals surface area contributed by atoms with E-state index in [2.05, 4.69) is 56.3 Å². The molecule has 58 heavy (non-hydrogen) atoms. The number of rotatable bonds is 14. The number of aromatic amines is 2. The summed E-state index contributed by atoms with van der Waals surface area (Å²) in [6.45, 7) is 1.64. The molecule has 4 amide bonds. The molecule has 5 aromatic rings. The highest BCUT2D eigenvalue weighted by Crippen LogP contribution is 2.37. The molecule has 2 fully saturated rings. The molecule has 0 spiro atoms. The Balaban J connectivity index is 1.10. The number of methoxy groups -OCH3 is 3. The lowest BCUT2D eigenvalue weighted by atomic mass is 10.1. The van der Waals surface area contributed by atoms with Gasteiger partial charge in [0.15, 0.2) is 0 Å². The minimum atomic E-state index is -1.16. The fourth-order valence-electron chi connectivity index (χ4n) is 8.40. The second kappa shape index (κ2) is 17.3. The number of aryl methyl sites for hydroxylation is 1. The number of H-pyrrole nitrogens is 2. The molecular weight excluding hydrogens is 747 g/mol. The SMILES string of the molecule is COCC[C@H](NC(=O)OC)C(=O)N1CCC[C@H]1c1ncc(-c2ccc3c4ccc(-c5cnc([C@@H]6CCCN6C(=O)[C@H](CCOC)N(C)C(=O)O)[nH]5)cc4n(C)c3c2)[nH]1. The van der Waals surface area contributed by atoms with E-state index in [1.54, 1.807) is 29.3 Å². The van der Waals surface area contributed by atoms with Gasteiger partial charge in [0.05, 0.1) is 43.0 Å². The molecule has 0 radical (unpaired) electrons. The average Bonchev–Trinajstić information content (AvgIpc) is 4.09. The third kappa shape index (κ3) is 7.83. The van der Waals surface area contributed by atoms with Gasteiger partial charge in [-0.1, -0.05) is 24.3 Å². The molecule has 2 aromatic carbocycles. The van der Waals surface area contributed by atoms with E-state index in [9.17, 15) is 24.3 Å². The number of hydrogen-bond acceptors (Lipinski definition) is 9. The molecule has 0 saturated carbocycles. The molecule has 7 rings (SSSR count). The van der Waals surface area contributed by atoms with Crippen LogP contribution in [0.3, 0.4) is 0 Å². The fraction of sp³-hybridized carbons (Fsp3) is 0.463. The molecule has 5 heterocycles. The van der Waals surface area contributed by atoms with Gasteiger partial charge in [0.25, 0.3) is 0 Å². The predicted octanol–water partition coefficient (Wildman–Crippen LogP) is 5.21. The van der Waals surface area contributed by atoms with Gasteiger partial charge in [0.1, 0.15) is 23.7 Å². The quantitative estimate of drug-likeness (QED) is 0.116. The van der Waals surface area contributed by atoms with Crippen molar-refractivity contribution in [3.05, 3.63) is 60.4 Å². The number of likely N-dealkylation sites (N-methyl/N-ethyl adjacent to an activating group) is 1. The van der Waals surface area contributed by atoms with Crippen LogP contribution in [0.15, 0.2) is 48.8 Å². The maximum Gasteiger partial charge on any atom is 0.407 e. The summed E-state index contributed by atoms with van der Waals surface area (Å²) in [5.41, 5.74) is 5.60. The normalized spacial score (nSPS) is 17.9. The van der Waals surface area contributed by atoms with Crippen LogP contribution < -0.4 is 5.32 Å². The summed E-state index contributed by atoms with van der Waals surface area (Å²) < 4.78 is 17.3. The zero-order valence-electron chi connectivity index (χ0n) is 33.5. The molecule has 4 N–H and O–H groups in total. The molecule has 2 aliphatic rings. The smallest absolute Gasteiger partial charge is 0.407 e. The number of likely N-dealkylation sites (tertiary alicyclic amines) is 2. The number of carboxylic acid groups (broad SMARTS) is 1. The van der Waals surface area contributed by atoms with E-state index in [0.717, 1.165) is 74.9 Å². The first-order chi connectivity index (χ1) is 28.0. The van der Waals surface area contributed by atoms with E-state index in [0.29, 0.717) is 37.8 Å². The van der Waals surface area contributed by atoms with E-state index >= 15 is 0 Å². The van der Waals surface area contributed by atoms with Gasteiger partial charge in [-0.2, -0.15) is 0 Å². The van der Waals surface area contributed by atoms with E-state index in [1.165, 1.54) is 21.3 Å². The van der Waals surface area contributed by atoms with Crippen LogP contribution in [0.25, 0.3) is 44.3 Å². The molecule has 4 atom stereocenters. The predicted molar refractivity (Wildman–Crippen MR) is 215 cm³/mol. The Morgan fingerprint density at radius 2 is 1.34 bits per heavy atom. The fourth-order valence-corrected chi connectivity index (χ4v) is 8.40. The first-order valence-electron chi connectivity index (χ1n) is 19.6. The van der Waals surface area contributed by atoms with Crippen LogP contribution in [0.2, 0.25) is 0 Å². The van der Waals surface area contributed by atoms with Crippen molar-refractivity contribution >= 4 is 45.8 Å². The molecular formula is C41H51N9O8. The summed E-state index contributed by atoms with van der Waals surface area (Å²) >= 11 is 0. The number of imidazole rings is 2. The van der Waals surface area contributed by atoms with Crippen LogP contribution in [0.4, 0.5) is 9.59 Å². The third-order valence-electron chi connectivity index (χ3n) is 11.6. The molecule has 308 valence electrons. The van der Waals surface area contributed by atoms with Gasteiger partial charge < -0.3 is 49.0 Å². The Labute approximate surface area is 335 Å². The van der Waals surface area contributed by atoms with Crippen molar-refractivity contribution in [3.63, 3.8) is 0 Å². The second-order valence-corrected chi connectivity index (χ2v) is 14.9. The Morgan fingerprint density at radius 3 is 1.84 bits per heavy atom. The topological polar surface area (TPSA) is 200 Å². The molecule has 17 nitrogen and oxygen atoms in total. The summed E-state index contributed by atoms with van der Waals surface area (Å²) in [4.78, 5) is 72.1. The first-order valence-corrected chi connectivity index (χ1v) is 19.6. The molecule has 3 aromatic heterocycles. The number of hydrogen-bond donors (Lipinski definition) is 4. The highest BCUT2D eigenvalue weighted by Gasteiger charge is 2.39. The first kappa shape index (κ1) is 40.3. The largest absolute Gasteiger partial charge is 0.465 e. The Hall–Kier alpha value is -5.94. The molecule has 0 bridgehead atoms. The van der Waals surface area contributed by atoms with E-state index in [4.69, 9.17) is 24.2 Å². The third-order valence-corrected chi connectivity index (χ3v) is 11.6. The standard InChI is InChI=1S/C41H51N9O8/c1-47-34-20-24(29-22-42-36(44-29)31-8-6-16-49(31)38(51)28(14-18-56-3)46-40(53)58-5)10-12-26(34)27-13-11-25(21-35(27)47)30-23-43-37(45-30)32-9-7-17-50(32)39(52)33(15-19-57-4)48(2)41(54)55/h10-13,20-23,28,31-33H,6-9,14-19H2,1-5H3,(H,42,44)(H,43,45)(H,46,53)(H,54,55)/t28-,31-,32-,33-/m0/s1. The van der Waals surface area contributed by atoms with Crippen molar-refractivity contribution in [2.45, 2.75) is 62.7 Å². The Kier molecular flexibility index (Phi) is 12.0. The van der Waals surface area contributed by atoms with Crippen LogP contribution in [0.1, 0.15) is 62.3 Å². The van der Waals surface area contributed by atoms with Crippen LogP contribution in [0.5, 0.6) is 0 Å². The van der Waals surface area contributed by atoms with Gasteiger partial charge in [0, 0.05) is 100 Å². The zero-order chi connectivity index (χ0) is 41.1. The summed E-state index contributed by atoms with van der Waals surface area (Å²) in [5.74, 6) is 0.902. The van der Waals surface area contributed by atoms with Gasteiger partial charge in [0.2, 0.25) is 11.8 Å². The summed E-state index contributed by atoms with van der Waals surface area (Å²) in [6, 6.07) is 10.4. The number of ether oxygens (including phenoxy) is 3. The number of benzene rings is 2. The van der Waals surface area contributed by atoms with Crippen LogP contribution >= 0.6 is 0 Å². The van der Waals surface area contributed by atoms with Crippen LogP contribution in [-0.4, -0.2) is 135 Å². The average molecular weight is 798 g/mol.